The van der Waals surface area contributed by atoms with Crippen LogP contribution in [0.2, 0.25) is 0 Å². The molecular weight excluding hydrogens is 347 g/mol. The van der Waals surface area contributed by atoms with Crippen molar-refractivity contribution in [2.24, 2.45) is 5.92 Å². The first-order valence-corrected chi connectivity index (χ1v) is 9.10. The van der Waals surface area contributed by atoms with E-state index in [-0.39, 0.29) is 24.4 Å². The van der Waals surface area contributed by atoms with Gasteiger partial charge in [0.15, 0.2) is 0 Å². The van der Waals surface area contributed by atoms with Gasteiger partial charge in [-0.3, -0.25) is 4.90 Å². The molecule has 1 aromatic carbocycles. The Kier molecular flexibility index (Phi) is 7.73. The van der Waals surface area contributed by atoms with Crippen molar-refractivity contribution in [1.82, 2.24) is 4.90 Å². The molecule has 0 saturated carbocycles. The monoisotopic (exact) mass is 375 g/mol. The van der Waals surface area contributed by atoms with Crippen LogP contribution >= 0.6 is 0 Å². The first-order chi connectivity index (χ1) is 12.3. The molecule has 1 fully saturated rings. The summed E-state index contributed by atoms with van der Waals surface area (Å²) in [5.41, 5.74) is 0.953. The van der Waals surface area contributed by atoms with Crippen LogP contribution in [0.25, 0.3) is 0 Å². The first kappa shape index (κ1) is 21.0. The Balaban J connectivity index is 2.02. The van der Waals surface area contributed by atoms with Gasteiger partial charge in [-0.2, -0.15) is 0 Å². The van der Waals surface area contributed by atoms with Gasteiger partial charge in [0.2, 0.25) is 0 Å². The highest BCUT2D eigenvalue weighted by Crippen LogP contribution is 2.32. The quantitative estimate of drug-likeness (QED) is 0.694. The van der Waals surface area contributed by atoms with Crippen LogP contribution in [0.3, 0.4) is 0 Å². The summed E-state index contributed by atoms with van der Waals surface area (Å²) < 4.78 is 46.5. The molecule has 7 heteroatoms. The molecule has 1 aromatic rings. The van der Waals surface area contributed by atoms with E-state index in [0.29, 0.717) is 25.6 Å². The molecule has 0 aromatic heterocycles. The molecule has 1 saturated heterocycles. The third-order valence-electron chi connectivity index (χ3n) is 4.83. The van der Waals surface area contributed by atoms with Gasteiger partial charge in [-0.25, -0.2) is 0 Å². The van der Waals surface area contributed by atoms with Crippen molar-refractivity contribution in [1.29, 1.82) is 0 Å². The molecular formula is C19H28F3NO3. The lowest BCUT2D eigenvalue weighted by molar-refractivity contribution is -0.274. The van der Waals surface area contributed by atoms with Crippen molar-refractivity contribution in [3.05, 3.63) is 29.8 Å². The molecule has 0 radical (unpaired) electrons. The number of alkyl halides is 3. The van der Waals surface area contributed by atoms with Crippen molar-refractivity contribution in [3.63, 3.8) is 0 Å². The highest BCUT2D eigenvalue weighted by molar-refractivity contribution is 5.29. The number of rotatable bonds is 8. The SMILES string of the molecule is CC(c1ccc(OC(F)(F)F)cc1)N1C[C@H](C)CC[C@H]1COCCCO. The van der Waals surface area contributed by atoms with Crippen LogP contribution in [0.1, 0.15) is 44.7 Å². The predicted octanol–water partition coefficient (Wildman–Crippen LogP) is 4.15. The van der Waals surface area contributed by atoms with Crippen LogP contribution < -0.4 is 4.74 Å². The van der Waals surface area contributed by atoms with E-state index in [1.807, 2.05) is 0 Å². The molecule has 3 atom stereocenters. The number of ether oxygens (including phenoxy) is 2. The Morgan fingerprint density at radius 2 is 1.92 bits per heavy atom. The lowest BCUT2D eigenvalue weighted by Gasteiger charge is -2.42. The van der Waals surface area contributed by atoms with Crippen LogP contribution in [-0.4, -0.2) is 48.8 Å². The van der Waals surface area contributed by atoms with Gasteiger partial charge in [0, 0.05) is 31.8 Å². The maximum absolute atomic E-state index is 12.3. The minimum absolute atomic E-state index is 0.0733. The first-order valence-electron chi connectivity index (χ1n) is 9.10. The molecule has 1 aliphatic rings. The maximum atomic E-state index is 12.3. The third kappa shape index (κ3) is 6.45. The van der Waals surface area contributed by atoms with Crippen LogP contribution in [0.15, 0.2) is 24.3 Å². The molecule has 0 amide bonds. The number of aliphatic hydroxyl groups is 1. The average molecular weight is 375 g/mol. The Labute approximate surface area is 152 Å². The van der Waals surface area contributed by atoms with Gasteiger partial charge >= 0.3 is 6.36 Å². The number of nitrogens with zero attached hydrogens (tertiary/aromatic N) is 1. The highest BCUT2D eigenvalue weighted by atomic mass is 19.4. The van der Waals surface area contributed by atoms with Crippen molar-refractivity contribution >= 4 is 0 Å². The number of aliphatic hydroxyl groups excluding tert-OH is 1. The second-order valence-electron chi connectivity index (χ2n) is 6.98. The molecule has 0 bridgehead atoms. The average Bonchev–Trinajstić information content (AvgIpc) is 2.58. The van der Waals surface area contributed by atoms with Crippen molar-refractivity contribution < 1.29 is 27.8 Å². The zero-order valence-corrected chi connectivity index (χ0v) is 15.3. The van der Waals surface area contributed by atoms with Crippen molar-refractivity contribution in [2.45, 2.75) is 51.6 Å². The zero-order valence-electron chi connectivity index (χ0n) is 15.3. The summed E-state index contributed by atoms with van der Waals surface area (Å²) in [5, 5.41) is 8.85. The maximum Gasteiger partial charge on any atom is 0.573 e. The van der Waals surface area contributed by atoms with Gasteiger partial charge in [-0.1, -0.05) is 19.1 Å². The summed E-state index contributed by atoms with van der Waals surface area (Å²) in [5.74, 6) is 0.364. The molecule has 0 spiro atoms. The predicted molar refractivity (Wildman–Crippen MR) is 93.0 cm³/mol. The molecule has 4 nitrogen and oxygen atoms in total. The summed E-state index contributed by atoms with van der Waals surface area (Å²) >= 11 is 0. The summed E-state index contributed by atoms with van der Waals surface area (Å²) in [7, 11) is 0. The zero-order chi connectivity index (χ0) is 19.2. The number of hydrogen-bond donors (Lipinski definition) is 1. The smallest absolute Gasteiger partial charge is 0.406 e. The molecule has 0 aliphatic carbocycles. The van der Waals surface area contributed by atoms with Crippen molar-refractivity contribution in [2.75, 3.05) is 26.4 Å². The molecule has 1 unspecified atom stereocenters. The van der Waals surface area contributed by atoms with E-state index in [4.69, 9.17) is 9.84 Å². The Morgan fingerprint density at radius 3 is 2.54 bits per heavy atom. The molecule has 1 aliphatic heterocycles. The topological polar surface area (TPSA) is 41.9 Å². The Bertz CT molecular complexity index is 536. The van der Waals surface area contributed by atoms with Crippen LogP contribution in [0, 0.1) is 5.92 Å². The number of halogens is 3. The second-order valence-corrected chi connectivity index (χ2v) is 6.98. The van der Waals surface area contributed by atoms with E-state index in [1.165, 1.54) is 12.1 Å². The Hall–Kier alpha value is -1.31. The lowest BCUT2D eigenvalue weighted by atomic mass is 9.91. The van der Waals surface area contributed by atoms with E-state index in [2.05, 4.69) is 23.5 Å². The van der Waals surface area contributed by atoms with Gasteiger partial charge in [0.05, 0.1) is 6.61 Å². The molecule has 2 rings (SSSR count). The van der Waals surface area contributed by atoms with Gasteiger partial charge in [0.1, 0.15) is 5.75 Å². The number of benzene rings is 1. The number of likely N-dealkylation sites (tertiary alicyclic amines) is 1. The van der Waals surface area contributed by atoms with E-state index in [0.717, 1.165) is 24.9 Å². The van der Waals surface area contributed by atoms with Crippen molar-refractivity contribution in [3.8, 4) is 5.75 Å². The van der Waals surface area contributed by atoms with Gasteiger partial charge in [-0.05, 0) is 49.8 Å². The van der Waals surface area contributed by atoms with E-state index in [1.54, 1.807) is 12.1 Å². The van der Waals surface area contributed by atoms with E-state index in [9.17, 15) is 13.2 Å². The van der Waals surface area contributed by atoms with E-state index < -0.39 is 6.36 Å². The van der Waals surface area contributed by atoms with Gasteiger partial charge in [0.25, 0.3) is 0 Å². The van der Waals surface area contributed by atoms with Crippen LogP contribution in [0.5, 0.6) is 5.75 Å². The minimum atomic E-state index is -4.67. The normalized spacial score (nSPS) is 23.0. The summed E-state index contributed by atoms with van der Waals surface area (Å²) in [6.45, 7) is 6.46. The second kappa shape index (κ2) is 9.58. The third-order valence-corrected chi connectivity index (χ3v) is 4.83. The highest BCUT2D eigenvalue weighted by Gasteiger charge is 2.32. The van der Waals surface area contributed by atoms with Crippen LogP contribution in [0.4, 0.5) is 13.2 Å². The lowest BCUT2D eigenvalue weighted by Crippen LogP contribution is -2.46. The summed E-state index contributed by atoms with van der Waals surface area (Å²) in [4.78, 5) is 2.37. The number of hydrogen-bond acceptors (Lipinski definition) is 4. The summed E-state index contributed by atoms with van der Waals surface area (Å²) in [6.07, 6.45) is -1.89. The van der Waals surface area contributed by atoms with Gasteiger partial charge in [-0.15, -0.1) is 13.2 Å². The van der Waals surface area contributed by atoms with Crippen LogP contribution in [-0.2, 0) is 4.74 Å². The minimum Gasteiger partial charge on any atom is -0.406 e. The molecule has 1 N–H and O–H groups in total. The van der Waals surface area contributed by atoms with E-state index >= 15 is 0 Å². The standard InChI is InChI=1S/C19H28F3NO3/c1-14-4-7-17(13-25-11-3-10-24)23(12-14)15(2)16-5-8-18(9-6-16)26-19(20,21)22/h5-6,8-9,14-15,17,24H,3-4,7,10-13H2,1-2H3/t14-,15?,17+/m1/s1. The largest absolute Gasteiger partial charge is 0.573 e. The number of piperidine rings is 1. The fourth-order valence-electron chi connectivity index (χ4n) is 3.42. The molecule has 148 valence electrons. The molecule has 1 heterocycles. The fraction of sp³-hybridized carbons (Fsp3) is 0.684. The molecule has 26 heavy (non-hydrogen) atoms. The fourth-order valence-corrected chi connectivity index (χ4v) is 3.42. The summed E-state index contributed by atoms with van der Waals surface area (Å²) in [6, 6.07) is 6.44. The van der Waals surface area contributed by atoms with Gasteiger partial charge < -0.3 is 14.6 Å². The Morgan fingerprint density at radius 1 is 1.23 bits per heavy atom.